The van der Waals surface area contributed by atoms with E-state index in [-0.39, 0.29) is 0 Å². The van der Waals surface area contributed by atoms with E-state index in [1.54, 1.807) is 18.9 Å². The molecule has 1 aromatic rings. The van der Waals surface area contributed by atoms with E-state index in [0.29, 0.717) is 6.54 Å². The van der Waals surface area contributed by atoms with Crippen molar-refractivity contribution in [3.8, 4) is 0 Å². The predicted octanol–water partition coefficient (Wildman–Crippen LogP) is 1.59. The second-order valence-corrected chi connectivity index (χ2v) is 4.04. The number of rotatable bonds is 5. The Morgan fingerprint density at radius 2 is 2.36 bits per heavy atom. The molecule has 0 saturated heterocycles. The monoisotopic (exact) mass is 212 g/mol. The highest BCUT2D eigenvalue weighted by atomic mass is 32.2. The minimum absolute atomic E-state index is 0.551. The summed E-state index contributed by atoms with van der Waals surface area (Å²) in [6.45, 7) is 3.35. The van der Waals surface area contributed by atoms with Gasteiger partial charge in [-0.2, -0.15) is 0 Å². The molecule has 1 heterocycles. The molecule has 0 aliphatic carbocycles. The lowest BCUT2D eigenvalue weighted by molar-refractivity contribution is 0.218. The molecule has 78 valence electrons. The van der Waals surface area contributed by atoms with Crippen LogP contribution in [0.1, 0.15) is 11.1 Å². The number of thioether (sulfide) groups is 1. The smallest absolute Gasteiger partial charge is 0.101 e. The van der Waals surface area contributed by atoms with Crippen molar-refractivity contribution in [1.29, 1.82) is 0 Å². The Morgan fingerprint density at radius 1 is 1.57 bits per heavy atom. The van der Waals surface area contributed by atoms with E-state index in [4.69, 9.17) is 10.5 Å². The normalized spacial score (nSPS) is 10.5. The quantitative estimate of drug-likeness (QED) is 0.595. The summed E-state index contributed by atoms with van der Waals surface area (Å²) in [6.07, 6.45) is 1.82. The van der Waals surface area contributed by atoms with Gasteiger partial charge in [-0.15, -0.1) is 11.8 Å². The molecule has 0 saturated carbocycles. The Morgan fingerprint density at radius 3 is 3.00 bits per heavy atom. The van der Waals surface area contributed by atoms with Crippen molar-refractivity contribution >= 4 is 11.8 Å². The van der Waals surface area contributed by atoms with E-state index in [9.17, 15) is 0 Å². The maximum absolute atomic E-state index is 5.67. The van der Waals surface area contributed by atoms with Gasteiger partial charge >= 0.3 is 0 Å². The molecule has 0 aromatic carbocycles. The molecule has 0 radical (unpaired) electrons. The summed E-state index contributed by atoms with van der Waals surface area (Å²) in [6, 6.07) is 1.99. The minimum atomic E-state index is 0.551. The summed E-state index contributed by atoms with van der Waals surface area (Å²) in [5, 5.41) is 1.03. The average molecular weight is 212 g/mol. The third-order valence-electron chi connectivity index (χ3n) is 1.98. The molecule has 14 heavy (non-hydrogen) atoms. The largest absolute Gasteiger partial charge is 0.384 e. The fraction of sp³-hybridized carbons (Fsp3) is 0.500. The van der Waals surface area contributed by atoms with E-state index < -0.39 is 0 Å². The number of hydrogen-bond donors (Lipinski definition) is 1. The number of nitrogens with two attached hydrogens (primary N) is 1. The first kappa shape index (κ1) is 11.5. The highest BCUT2D eigenvalue weighted by Gasteiger charge is 2.05. The average Bonchev–Trinajstić information content (AvgIpc) is 2.18. The van der Waals surface area contributed by atoms with Gasteiger partial charge in [-0.25, -0.2) is 4.98 Å². The SMILES string of the molecule is COCCSc1nccc(C)c1CN. The van der Waals surface area contributed by atoms with E-state index in [2.05, 4.69) is 11.9 Å². The molecule has 0 unspecified atom stereocenters. The lowest BCUT2D eigenvalue weighted by atomic mass is 10.2. The standard InChI is InChI=1S/C10H16N2OS/c1-8-3-4-12-10(9(8)7-11)14-6-5-13-2/h3-4H,5-7,11H2,1-2H3. The first-order valence-corrected chi connectivity index (χ1v) is 5.54. The van der Waals surface area contributed by atoms with Crippen LogP contribution < -0.4 is 5.73 Å². The molecule has 0 amide bonds. The van der Waals surface area contributed by atoms with Crippen molar-refractivity contribution in [3.63, 3.8) is 0 Å². The van der Waals surface area contributed by atoms with Crippen molar-refractivity contribution in [1.82, 2.24) is 4.98 Å². The van der Waals surface area contributed by atoms with Crippen molar-refractivity contribution in [3.05, 3.63) is 23.4 Å². The molecule has 3 nitrogen and oxygen atoms in total. The number of aryl methyl sites for hydroxylation is 1. The summed E-state index contributed by atoms with van der Waals surface area (Å²) in [4.78, 5) is 4.31. The zero-order chi connectivity index (χ0) is 10.4. The van der Waals surface area contributed by atoms with Crippen LogP contribution in [0.4, 0.5) is 0 Å². The molecule has 0 aliphatic rings. The van der Waals surface area contributed by atoms with Gasteiger partial charge in [-0.1, -0.05) is 0 Å². The third kappa shape index (κ3) is 2.97. The van der Waals surface area contributed by atoms with Gasteiger partial charge in [0.05, 0.1) is 6.61 Å². The van der Waals surface area contributed by atoms with Crippen LogP contribution in [0.5, 0.6) is 0 Å². The summed E-state index contributed by atoms with van der Waals surface area (Å²) in [5.74, 6) is 0.917. The second-order valence-electron chi connectivity index (χ2n) is 2.96. The van der Waals surface area contributed by atoms with E-state index in [1.165, 1.54) is 5.56 Å². The molecule has 1 rings (SSSR count). The second kappa shape index (κ2) is 6.01. The molecule has 0 fully saturated rings. The number of pyridine rings is 1. The van der Waals surface area contributed by atoms with Crippen LogP contribution >= 0.6 is 11.8 Å². The molecule has 0 bridgehead atoms. The minimum Gasteiger partial charge on any atom is -0.384 e. The van der Waals surface area contributed by atoms with Crippen LogP contribution in [0.15, 0.2) is 17.3 Å². The van der Waals surface area contributed by atoms with Gasteiger partial charge < -0.3 is 10.5 Å². The summed E-state index contributed by atoms with van der Waals surface area (Å²) in [7, 11) is 1.70. The van der Waals surface area contributed by atoms with Crippen LogP contribution in [-0.4, -0.2) is 24.5 Å². The van der Waals surface area contributed by atoms with E-state index >= 15 is 0 Å². The molecule has 4 heteroatoms. The van der Waals surface area contributed by atoms with E-state index in [1.807, 2.05) is 12.3 Å². The van der Waals surface area contributed by atoms with Crippen molar-refractivity contribution < 1.29 is 4.74 Å². The molecule has 2 N–H and O–H groups in total. The van der Waals surface area contributed by atoms with Crippen molar-refractivity contribution in [2.24, 2.45) is 5.73 Å². The first-order valence-electron chi connectivity index (χ1n) is 4.56. The number of hydrogen-bond acceptors (Lipinski definition) is 4. The fourth-order valence-corrected chi connectivity index (χ4v) is 2.16. The third-order valence-corrected chi connectivity index (χ3v) is 2.98. The van der Waals surface area contributed by atoms with Crippen LogP contribution in [0.3, 0.4) is 0 Å². The maximum Gasteiger partial charge on any atom is 0.101 e. The molecule has 0 spiro atoms. The Hall–Kier alpha value is -0.580. The van der Waals surface area contributed by atoms with Crippen LogP contribution in [-0.2, 0) is 11.3 Å². The Balaban J connectivity index is 2.70. The van der Waals surface area contributed by atoms with Gasteiger partial charge in [0.25, 0.3) is 0 Å². The van der Waals surface area contributed by atoms with Gasteiger partial charge in [0, 0.05) is 31.2 Å². The molecule has 0 aliphatic heterocycles. The van der Waals surface area contributed by atoms with E-state index in [0.717, 1.165) is 22.9 Å². The molecular weight excluding hydrogens is 196 g/mol. The molecule has 1 aromatic heterocycles. The van der Waals surface area contributed by atoms with Crippen LogP contribution in [0, 0.1) is 6.92 Å². The zero-order valence-corrected chi connectivity index (χ0v) is 9.43. The molecular formula is C10H16N2OS. The van der Waals surface area contributed by atoms with Crippen molar-refractivity contribution in [2.45, 2.75) is 18.5 Å². The Labute approximate surface area is 89.1 Å². The van der Waals surface area contributed by atoms with Gasteiger partial charge in [-0.05, 0) is 18.6 Å². The highest BCUT2D eigenvalue weighted by molar-refractivity contribution is 7.99. The van der Waals surface area contributed by atoms with Crippen LogP contribution in [0.2, 0.25) is 0 Å². The lowest BCUT2D eigenvalue weighted by Gasteiger charge is -2.08. The summed E-state index contributed by atoms with van der Waals surface area (Å²) in [5.41, 5.74) is 8.03. The van der Waals surface area contributed by atoms with Gasteiger partial charge in [-0.3, -0.25) is 0 Å². The number of aromatic nitrogens is 1. The lowest BCUT2D eigenvalue weighted by Crippen LogP contribution is -2.03. The number of methoxy groups -OCH3 is 1. The van der Waals surface area contributed by atoms with Gasteiger partial charge in [0.2, 0.25) is 0 Å². The maximum atomic E-state index is 5.67. The Kier molecular flexibility index (Phi) is 4.93. The van der Waals surface area contributed by atoms with Gasteiger partial charge in [0.15, 0.2) is 0 Å². The Bertz CT molecular complexity index is 291. The van der Waals surface area contributed by atoms with Gasteiger partial charge in [0.1, 0.15) is 5.03 Å². The number of nitrogens with zero attached hydrogens (tertiary/aromatic N) is 1. The zero-order valence-electron chi connectivity index (χ0n) is 8.62. The summed E-state index contributed by atoms with van der Waals surface area (Å²) >= 11 is 1.69. The highest BCUT2D eigenvalue weighted by Crippen LogP contribution is 2.21. The first-order chi connectivity index (χ1) is 6.79. The van der Waals surface area contributed by atoms with Crippen LogP contribution in [0.25, 0.3) is 0 Å². The fourth-order valence-electron chi connectivity index (χ4n) is 1.16. The number of ether oxygens (including phenoxy) is 1. The molecule has 0 atom stereocenters. The summed E-state index contributed by atoms with van der Waals surface area (Å²) < 4.78 is 4.99. The topological polar surface area (TPSA) is 48.1 Å². The predicted molar refractivity (Wildman–Crippen MR) is 59.5 cm³/mol. The van der Waals surface area contributed by atoms with Crippen molar-refractivity contribution in [2.75, 3.05) is 19.5 Å².